The van der Waals surface area contributed by atoms with Crippen LogP contribution in [0.1, 0.15) is 24.1 Å². The molecule has 0 spiro atoms. The highest BCUT2D eigenvalue weighted by Crippen LogP contribution is 2.28. The molecule has 3 N–H and O–H groups in total. The molecule has 5 nitrogen and oxygen atoms in total. The van der Waals surface area contributed by atoms with Crippen molar-refractivity contribution in [2.45, 2.75) is 19.4 Å². The molecule has 20 heavy (non-hydrogen) atoms. The van der Waals surface area contributed by atoms with Crippen LogP contribution in [0.15, 0.2) is 24.3 Å². The van der Waals surface area contributed by atoms with E-state index in [1.807, 2.05) is 19.1 Å². The first-order valence-corrected chi connectivity index (χ1v) is 6.47. The third kappa shape index (κ3) is 3.49. The number of rotatable bonds is 3. The number of fused-ring (bicyclic) bond motifs is 1. The van der Waals surface area contributed by atoms with E-state index < -0.39 is 0 Å². The summed E-state index contributed by atoms with van der Waals surface area (Å²) in [6.07, 6.45) is 0.858. The second-order valence-corrected chi connectivity index (χ2v) is 4.69. The molecule has 2 rings (SSSR count). The van der Waals surface area contributed by atoms with Gasteiger partial charge in [-0.2, -0.15) is 0 Å². The Morgan fingerprint density at radius 3 is 2.80 bits per heavy atom. The van der Waals surface area contributed by atoms with Crippen LogP contribution in [0.2, 0.25) is 0 Å². The standard InChI is InChI=1S/C14H19N3O2.ClH/c1-10-12-5-3-2-4-11(12)6-7-17(10)14(19)9-16-13(18)8-15;/h2-5,10H,6-9,15H2,1H3,(H,16,18);1H. The Kier molecular flexibility index (Phi) is 5.98. The summed E-state index contributed by atoms with van der Waals surface area (Å²) in [4.78, 5) is 25.0. The molecule has 1 unspecified atom stereocenters. The number of carbonyl (C=O) groups is 2. The number of amides is 2. The van der Waals surface area contributed by atoms with Crippen molar-refractivity contribution in [1.82, 2.24) is 10.2 Å². The lowest BCUT2D eigenvalue weighted by molar-refractivity contribution is -0.134. The van der Waals surface area contributed by atoms with Gasteiger partial charge in [0.05, 0.1) is 19.1 Å². The van der Waals surface area contributed by atoms with Crippen molar-refractivity contribution in [2.75, 3.05) is 19.6 Å². The van der Waals surface area contributed by atoms with E-state index >= 15 is 0 Å². The SMILES string of the molecule is CC1c2ccccc2CCN1C(=O)CNC(=O)CN.Cl. The van der Waals surface area contributed by atoms with Gasteiger partial charge in [0, 0.05) is 6.54 Å². The first kappa shape index (κ1) is 16.5. The van der Waals surface area contributed by atoms with E-state index in [1.165, 1.54) is 11.1 Å². The largest absolute Gasteiger partial charge is 0.346 e. The van der Waals surface area contributed by atoms with E-state index in [1.54, 1.807) is 4.90 Å². The quantitative estimate of drug-likeness (QED) is 0.859. The number of nitrogens with two attached hydrogens (primary N) is 1. The summed E-state index contributed by atoms with van der Waals surface area (Å²) in [5.41, 5.74) is 7.67. The van der Waals surface area contributed by atoms with Crippen LogP contribution in [0, 0.1) is 0 Å². The number of halogens is 1. The third-order valence-corrected chi connectivity index (χ3v) is 3.54. The van der Waals surface area contributed by atoms with E-state index in [2.05, 4.69) is 17.4 Å². The Labute approximate surface area is 124 Å². The van der Waals surface area contributed by atoms with Crippen LogP contribution >= 0.6 is 12.4 Å². The zero-order valence-corrected chi connectivity index (χ0v) is 12.3. The number of nitrogens with one attached hydrogen (secondary N) is 1. The second kappa shape index (κ2) is 7.26. The summed E-state index contributed by atoms with van der Waals surface area (Å²) in [6, 6.07) is 8.21. The van der Waals surface area contributed by atoms with Crippen LogP contribution in [0.25, 0.3) is 0 Å². The van der Waals surface area contributed by atoms with E-state index in [0.29, 0.717) is 6.54 Å². The van der Waals surface area contributed by atoms with Gasteiger partial charge < -0.3 is 16.0 Å². The molecule has 0 bridgehead atoms. The fourth-order valence-electron chi connectivity index (χ4n) is 2.46. The lowest BCUT2D eigenvalue weighted by Gasteiger charge is -2.35. The maximum atomic E-state index is 12.1. The molecule has 0 fully saturated rings. The number of hydrogen-bond acceptors (Lipinski definition) is 3. The minimum absolute atomic E-state index is 0. The van der Waals surface area contributed by atoms with E-state index in [9.17, 15) is 9.59 Å². The van der Waals surface area contributed by atoms with Gasteiger partial charge in [0.1, 0.15) is 0 Å². The van der Waals surface area contributed by atoms with E-state index in [4.69, 9.17) is 5.73 Å². The van der Waals surface area contributed by atoms with E-state index in [-0.39, 0.29) is 43.4 Å². The van der Waals surface area contributed by atoms with Crippen molar-refractivity contribution in [2.24, 2.45) is 5.73 Å². The Balaban J connectivity index is 0.00000200. The molecule has 1 aromatic carbocycles. The molecular weight excluding hydrogens is 278 g/mol. The van der Waals surface area contributed by atoms with Gasteiger partial charge in [-0.05, 0) is 24.5 Å². The van der Waals surface area contributed by atoms with Gasteiger partial charge in [0.25, 0.3) is 0 Å². The van der Waals surface area contributed by atoms with Crippen molar-refractivity contribution in [1.29, 1.82) is 0 Å². The number of benzene rings is 1. The molecule has 1 aromatic rings. The van der Waals surface area contributed by atoms with Crippen molar-refractivity contribution in [3.63, 3.8) is 0 Å². The van der Waals surface area contributed by atoms with Crippen molar-refractivity contribution in [3.8, 4) is 0 Å². The first-order chi connectivity index (χ1) is 9.13. The summed E-state index contributed by atoms with van der Waals surface area (Å²) < 4.78 is 0. The summed E-state index contributed by atoms with van der Waals surface area (Å²) in [7, 11) is 0. The van der Waals surface area contributed by atoms with Crippen LogP contribution in [-0.4, -0.2) is 36.3 Å². The molecule has 2 amide bonds. The highest BCUT2D eigenvalue weighted by atomic mass is 35.5. The Morgan fingerprint density at radius 2 is 2.10 bits per heavy atom. The summed E-state index contributed by atoms with van der Waals surface area (Å²) in [6.45, 7) is 2.63. The van der Waals surface area contributed by atoms with Gasteiger partial charge in [-0.3, -0.25) is 9.59 Å². The lowest BCUT2D eigenvalue weighted by atomic mass is 9.93. The number of nitrogens with zero attached hydrogens (tertiary/aromatic N) is 1. The van der Waals surface area contributed by atoms with Gasteiger partial charge in [0.15, 0.2) is 0 Å². The molecule has 0 saturated heterocycles. The van der Waals surface area contributed by atoms with E-state index in [0.717, 1.165) is 6.42 Å². The molecule has 1 aliphatic rings. The molecule has 0 radical (unpaired) electrons. The Hall–Kier alpha value is -1.59. The van der Waals surface area contributed by atoms with Crippen molar-refractivity contribution >= 4 is 24.2 Å². The number of carbonyl (C=O) groups excluding carboxylic acids is 2. The highest BCUT2D eigenvalue weighted by Gasteiger charge is 2.26. The molecule has 110 valence electrons. The topological polar surface area (TPSA) is 75.4 Å². The highest BCUT2D eigenvalue weighted by molar-refractivity contribution is 5.86. The summed E-state index contributed by atoms with van der Waals surface area (Å²) >= 11 is 0. The lowest BCUT2D eigenvalue weighted by Crippen LogP contribution is -2.45. The monoisotopic (exact) mass is 297 g/mol. The van der Waals surface area contributed by atoms with Crippen molar-refractivity contribution in [3.05, 3.63) is 35.4 Å². The molecule has 6 heteroatoms. The number of hydrogen-bond donors (Lipinski definition) is 2. The maximum Gasteiger partial charge on any atom is 0.242 e. The van der Waals surface area contributed by atoms with Gasteiger partial charge in [0.2, 0.25) is 11.8 Å². The van der Waals surface area contributed by atoms with Gasteiger partial charge in [-0.1, -0.05) is 24.3 Å². The predicted octanol–water partition coefficient (Wildman–Crippen LogP) is 0.629. The van der Waals surface area contributed by atoms with Crippen molar-refractivity contribution < 1.29 is 9.59 Å². The average molecular weight is 298 g/mol. The zero-order valence-electron chi connectivity index (χ0n) is 11.5. The molecule has 1 aliphatic heterocycles. The smallest absolute Gasteiger partial charge is 0.242 e. The van der Waals surface area contributed by atoms with Gasteiger partial charge in [-0.25, -0.2) is 0 Å². The predicted molar refractivity (Wildman–Crippen MR) is 79.6 cm³/mol. The Morgan fingerprint density at radius 1 is 1.40 bits per heavy atom. The van der Waals surface area contributed by atoms with Gasteiger partial charge in [-0.15, -0.1) is 12.4 Å². The first-order valence-electron chi connectivity index (χ1n) is 6.47. The molecular formula is C14H20ClN3O2. The van der Waals surface area contributed by atoms with Crippen LogP contribution in [-0.2, 0) is 16.0 Å². The minimum Gasteiger partial charge on any atom is -0.346 e. The molecule has 1 atom stereocenters. The van der Waals surface area contributed by atoms with Gasteiger partial charge >= 0.3 is 0 Å². The molecule has 1 heterocycles. The normalized spacial score (nSPS) is 16.9. The molecule has 0 aliphatic carbocycles. The second-order valence-electron chi connectivity index (χ2n) is 4.69. The fourth-order valence-corrected chi connectivity index (χ4v) is 2.46. The minimum atomic E-state index is -0.307. The van der Waals surface area contributed by atoms with Crippen LogP contribution in [0.4, 0.5) is 0 Å². The average Bonchev–Trinajstić information content (AvgIpc) is 2.45. The Bertz CT molecular complexity index is 493. The summed E-state index contributed by atoms with van der Waals surface area (Å²) in [5.74, 6) is -0.373. The molecule has 0 saturated carbocycles. The third-order valence-electron chi connectivity index (χ3n) is 3.54. The zero-order chi connectivity index (χ0) is 13.8. The van der Waals surface area contributed by atoms with Crippen LogP contribution in [0.5, 0.6) is 0 Å². The molecule has 0 aromatic heterocycles. The maximum absolute atomic E-state index is 12.1. The summed E-state index contributed by atoms with van der Waals surface area (Å²) in [5, 5.41) is 2.52. The van der Waals surface area contributed by atoms with Crippen LogP contribution in [0.3, 0.4) is 0 Å². The fraction of sp³-hybridized carbons (Fsp3) is 0.429. The van der Waals surface area contributed by atoms with Crippen LogP contribution < -0.4 is 11.1 Å².